The molecule has 2 aromatic rings. The Morgan fingerprint density at radius 1 is 1.27 bits per heavy atom. The Labute approximate surface area is 174 Å². The number of ether oxygens (including phenoxy) is 1. The van der Waals surface area contributed by atoms with Gasteiger partial charge < -0.3 is 15.0 Å². The van der Waals surface area contributed by atoms with Crippen molar-refractivity contribution in [3.8, 4) is 11.6 Å². The predicted octanol–water partition coefficient (Wildman–Crippen LogP) is 4.46. The lowest BCUT2D eigenvalue weighted by Gasteiger charge is -2.31. The number of nitrogens with zero attached hydrogens (tertiary/aromatic N) is 2. The summed E-state index contributed by atoms with van der Waals surface area (Å²) in [7, 11) is 0. The molecule has 0 bridgehead atoms. The minimum absolute atomic E-state index is 0. The van der Waals surface area contributed by atoms with Crippen LogP contribution in [0.4, 0.5) is 0 Å². The number of pyridine rings is 1. The molecule has 0 aliphatic carbocycles. The Morgan fingerprint density at radius 3 is 2.69 bits per heavy atom. The first kappa shape index (κ1) is 22.8. The Hall–Kier alpha value is -1.24. The maximum Gasteiger partial charge on any atom is 0.255 e. The first-order valence-corrected chi connectivity index (χ1v) is 8.41. The molecule has 1 N–H and O–H groups in total. The molecule has 1 unspecified atom stereocenters. The second kappa shape index (κ2) is 10.2. The first-order valence-electron chi connectivity index (χ1n) is 7.65. The summed E-state index contributed by atoms with van der Waals surface area (Å²) in [6.07, 6.45) is 1.52. The number of rotatable bonds is 3. The quantitative estimate of drug-likeness (QED) is 0.768. The van der Waals surface area contributed by atoms with Gasteiger partial charge in [-0.3, -0.25) is 4.79 Å². The summed E-state index contributed by atoms with van der Waals surface area (Å²) >= 11 is 12.0. The third-order valence-electron chi connectivity index (χ3n) is 3.77. The van der Waals surface area contributed by atoms with E-state index in [-0.39, 0.29) is 30.7 Å². The summed E-state index contributed by atoms with van der Waals surface area (Å²) in [4.78, 5) is 18.5. The Kier molecular flexibility index (Phi) is 8.93. The van der Waals surface area contributed by atoms with Crippen molar-refractivity contribution in [3.63, 3.8) is 0 Å². The van der Waals surface area contributed by atoms with Crippen molar-refractivity contribution >= 4 is 53.9 Å². The van der Waals surface area contributed by atoms with E-state index >= 15 is 0 Å². The van der Waals surface area contributed by atoms with E-state index in [1.54, 1.807) is 30.3 Å². The maximum atomic E-state index is 12.5. The van der Waals surface area contributed by atoms with Gasteiger partial charge in [-0.15, -0.1) is 24.8 Å². The van der Waals surface area contributed by atoms with Gasteiger partial charge in [0.15, 0.2) is 0 Å². The molecule has 2 heterocycles. The average Bonchev–Trinajstić information content (AvgIpc) is 2.59. The number of halogens is 4. The van der Waals surface area contributed by atoms with Crippen LogP contribution in [0.25, 0.3) is 0 Å². The topological polar surface area (TPSA) is 54.5 Å². The fourth-order valence-corrected chi connectivity index (χ4v) is 2.87. The third-order valence-corrected chi connectivity index (χ3v) is 4.57. The zero-order chi connectivity index (χ0) is 17.1. The predicted molar refractivity (Wildman–Crippen MR) is 109 cm³/mol. The number of aromatic nitrogens is 1. The minimum atomic E-state index is -0.0248. The van der Waals surface area contributed by atoms with Gasteiger partial charge in [0.1, 0.15) is 10.8 Å². The van der Waals surface area contributed by atoms with Gasteiger partial charge in [0.2, 0.25) is 5.88 Å². The van der Waals surface area contributed by atoms with Crippen LogP contribution < -0.4 is 10.1 Å². The van der Waals surface area contributed by atoms with Gasteiger partial charge >= 0.3 is 0 Å². The molecule has 1 aliphatic heterocycles. The average molecular weight is 439 g/mol. The second-order valence-electron chi connectivity index (χ2n) is 5.65. The van der Waals surface area contributed by atoms with Crippen LogP contribution in [0.3, 0.4) is 0 Å². The number of amides is 1. The number of hydrogen-bond acceptors (Lipinski definition) is 4. The second-order valence-corrected chi connectivity index (χ2v) is 6.43. The van der Waals surface area contributed by atoms with Crippen LogP contribution in [0.5, 0.6) is 11.6 Å². The molecule has 1 aromatic carbocycles. The first-order chi connectivity index (χ1) is 11.5. The molecular weight excluding hydrogens is 420 g/mol. The Bertz CT molecular complexity index is 743. The number of piperazine rings is 1. The standard InChI is InChI=1S/C17H17Cl2N3O2.2ClH/c1-11-10-22(8-7-20-11)17(23)12-5-6-15(21-9-12)24-14-4-2-3-13(18)16(14)19;;/h2-6,9,11,20H,7-8,10H2,1H3;2*1H. The van der Waals surface area contributed by atoms with E-state index in [0.29, 0.717) is 46.4 Å². The molecule has 1 aromatic heterocycles. The van der Waals surface area contributed by atoms with E-state index in [1.807, 2.05) is 4.90 Å². The molecule has 0 spiro atoms. The molecule has 0 radical (unpaired) electrons. The summed E-state index contributed by atoms with van der Waals surface area (Å²) in [6.45, 7) is 4.24. The van der Waals surface area contributed by atoms with Crippen LogP contribution in [-0.2, 0) is 0 Å². The maximum absolute atomic E-state index is 12.5. The van der Waals surface area contributed by atoms with E-state index in [1.165, 1.54) is 6.20 Å². The van der Waals surface area contributed by atoms with E-state index in [9.17, 15) is 4.79 Å². The lowest BCUT2D eigenvalue weighted by atomic mass is 10.2. The molecular formula is C17H19Cl4N3O2. The fraction of sp³-hybridized carbons (Fsp3) is 0.294. The number of nitrogens with one attached hydrogen (secondary N) is 1. The van der Waals surface area contributed by atoms with Crippen LogP contribution >= 0.6 is 48.0 Å². The molecule has 3 rings (SSSR count). The van der Waals surface area contributed by atoms with Gasteiger partial charge in [-0.25, -0.2) is 4.98 Å². The van der Waals surface area contributed by atoms with Crippen LogP contribution in [0.1, 0.15) is 17.3 Å². The number of carbonyl (C=O) groups excluding carboxylic acids is 1. The van der Waals surface area contributed by atoms with Gasteiger partial charge in [-0.1, -0.05) is 29.3 Å². The Morgan fingerprint density at radius 2 is 2.04 bits per heavy atom. The number of carbonyl (C=O) groups is 1. The molecule has 0 saturated carbocycles. The smallest absolute Gasteiger partial charge is 0.255 e. The number of benzene rings is 1. The monoisotopic (exact) mass is 437 g/mol. The van der Waals surface area contributed by atoms with Crippen molar-refractivity contribution in [2.75, 3.05) is 19.6 Å². The summed E-state index contributed by atoms with van der Waals surface area (Å²) in [5.74, 6) is 0.749. The van der Waals surface area contributed by atoms with E-state index in [2.05, 4.69) is 17.2 Å². The highest BCUT2D eigenvalue weighted by atomic mass is 35.5. The number of hydrogen-bond donors (Lipinski definition) is 1. The fourth-order valence-electron chi connectivity index (χ4n) is 2.54. The molecule has 1 aliphatic rings. The summed E-state index contributed by atoms with van der Waals surface area (Å²) < 4.78 is 5.62. The van der Waals surface area contributed by atoms with Gasteiger partial charge in [-0.05, 0) is 25.1 Å². The van der Waals surface area contributed by atoms with Gasteiger partial charge in [0, 0.05) is 37.9 Å². The normalized spacial score (nSPS) is 16.3. The van der Waals surface area contributed by atoms with Crippen LogP contribution in [0.2, 0.25) is 10.0 Å². The minimum Gasteiger partial charge on any atom is -0.437 e. The highest BCUT2D eigenvalue weighted by Crippen LogP contribution is 2.33. The zero-order valence-electron chi connectivity index (χ0n) is 13.9. The van der Waals surface area contributed by atoms with Gasteiger partial charge in [0.05, 0.1) is 10.6 Å². The summed E-state index contributed by atoms with van der Waals surface area (Å²) in [5, 5.41) is 4.05. The molecule has 142 valence electrons. The molecule has 1 fully saturated rings. The van der Waals surface area contributed by atoms with E-state index in [4.69, 9.17) is 27.9 Å². The van der Waals surface area contributed by atoms with Crippen molar-refractivity contribution in [3.05, 3.63) is 52.1 Å². The van der Waals surface area contributed by atoms with Crippen LogP contribution in [0, 0.1) is 0 Å². The molecule has 1 saturated heterocycles. The van der Waals surface area contributed by atoms with E-state index in [0.717, 1.165) is 6.54 Å². The SMILES string of the molecule is CC1CN(C(=O)c2ccc(Oc3cccc(Cl)c3Cl)nc2)CCN1.Cl.Cl. The lowest BCUT2D eigenvalue weighted by Crippen LogP contribution is -2.51. The molecule has 1 atom stereocenters. The summed E-state index contributed by atoms with van der Waals surface area (Å²) in [6, 6.07) is 8.78. The third kappa shape index (κ3) is 5.38. The van der Waals surface area contributed by atoms with Crippen molar-refractivity contribution in [1.29, 1.82) is 0 Å². The van der Waals surface area contributed by atoms with E-state index < -0.39 is 0 Å². The van der Waals surface area contributed by atoms with Crippen LogP contribution in [0.15, 0.2) is 36.5 Å². The summed E-state index contributed by atoms with van der Waals surface area (Å²) in [5.41, 5.74) is 0.536. The molecule has 26 heavy (non-hydrogen) atoms. The Balaban J connectivity index is 0.00000169. The van der Waals surface area contributed by atoms with Crippen molar-refractivity contribution < 1.29 is 9.53 Å². The molecule has 5 nitrogen and oxygen atoms in total. The molecule has 9 heteroatoms. The van der Waals surface area contributed by atoms with Crippen molar-refractivity contribution in [2.24, 2.45) is 0 Å². The zero-order valence-corrected chi connectivity index (χ0v) is 17.1. The van der Waals surface area contributed by atoms with Crippen LogP contribution in [-0.4, -0.2) is 41.5 Å². The van der Waals surface area contributed by atoms with Crippen molar-refractivity contribution in [1.82, 2.24) is 15.2 Å². The molecule has 1 amide bonds. The highest BCUT2D eigenvalue weighted by molar-refractivity contribution is 6.42. The lowest BCUT2D eigenvalue weighted by molar-refractivity contribution is 0.0708. The van der Waals surface area contributed by atoms with Gasteiger partial charge in [-0.2, -0.15) is 0 Å². The highest BCUT2D eigenvalue weighted by Gasteiger charge is 2.21. The largest absolute Gasteiger partial charge is 0.437 e. The van der Waals surface area contributed by atoms with Crippen molar-refractivity contribution in [2.45, 2.75) is 13.0 Å². The van der Waals surface area contributed by atoms with Gasteiger partial charge in [0.25, 0.3) is 5.91 Å².